The van der Waals surface area contributed by atoms with Crippen LogP contribution in [0, 0.1) is 26.2 Å². The Labute approximate surface area is 209 Å². The predicted molar refractivity (Wildman–Crippen MR) is 133 cm³/mol. The molecule has 184 valence electrons. The van der Waals surface area contributed by atoms with Crippen LogP contribution in [0.15, 0.2) is 38.1 Å². The predicted octanol–water partition coefficient (Wildman–Crippen LogP) is 4.51. The number of nitrogens with one attached hydrogen (secondary N) is 1. The standard InChI is InChI=1S/C25H30N6O3S/c1-6-7-11-25(29-30-25)12-10-20(32)31(18-15-26-17(3)27-16(18)2)22(19-8-9-21(34-19)35-5)23(33)28-24(4)13-14-24/h1,8-9,15,22H,7,10-14H2,2-5H3,(H,28,33). The summed E-state index contributed by atoms with van der Waals surface area (Å²) >= 11 is 1.43. The van der Waals surface area contributed by atoms with E-state index in [1.54, 1.807) is 32.2 Å². The highest BCUT2D eigenvalue weighted by atomic mass is 32.2. The maximum atomic E-state index is 13.8. The fraction of sp³-hybridized carbons (Fsp3) is 0.520. The number of anilines is 1. The smallest absolute Gasteiger partial charge is 0.251 e. The van der Waals surface area contributed by atoms with Crippen molar-refractivity contribution in [3.05, 3.63) is 35.6 Å². The molecule has 0 spiro atoms. The van der Waals surface area contributed by atoms with Crippen LogP contribution in [0.5, 0.6) is 0 Å². The molecule has 2 aliphatic rings. The van der Waals surface area contributed by atoms with Gasteiger partial charge < -0.3 is 9.73 Å². The number of hydrogen-bond acceptors (Lipinski definition) is 8. The molecular formula is C25H30N6O3S. The fourth-order valence-electron chi connectivity index (χ4n) is 3.97. The lowest BCUT2D eigenvalue weighted by Gasteiger charge is -2.31. The number of rotatable bonds is 11. The topological polar surface area (TPSA) is 113 Å². The zero-order valence-electron chi connectivity index (χ0n) is 20.5. The SMILES string of the molecule is C#CCCC1(CCC(=O)N(c2cnc(C)nc2C)C(C(=O)NC2(C)CC2)c2ccc(SC)o2)N=N1. The van der Waals surface area contributed by atoms with Crippen molar-refractivity contribution in [1.29, 1.82) is 0 Å². The monoisotopic (exact) mass is 494 g/mol. The highest BCUT2D eigenvalue weighted by molar-refractivity contribution is 7.98. The molecule has 9 nitrogen and oxygen atoms in total. The van der Waals surface area contributed by atoms with Crippen molar-refractivity contribution in [2.75, 3.05) is 11.2 Å². The molecule has 1 aliphatic carbocycles. The highest BCUT2D eigenvalue weighted by Gasteiger charge is 2.45. The second-order valence-corrected chi connectivity index (χ2v) is 10.2. The maximum Gasteiger partial charge on any atom is 0.251 e. The van der Waals surface area contributed by atoms with Gasteiger partial charge in [0.05, 0.1) is 17.6 Å². The molecule has 4 rings (SSSR count). The normalized spacial score (nSPS) is 17.3. The Morgan fingerprint density at radius 1 is 1.29 bits per heavy atom. The summed E-state index contributed by atoms with van der Waals surface area (Å²) in [5.74, 6) is 3.00. The van der Waals surface area contributed by atoms with Crippen molar-refractivity contribution >= 4 is 29.3 Å². The number of carbonyl (C=O) groups is 2. The molecular weight excluding hydrogens is 464 g/mol. The first kappa shape index (κ1) is 24.9. The number of terminal acetylenes is 1. The number of aromatic nitrogens is 2. The van der Waals surface area contributed by atoms with Crippen molar-refractivity contribution in [3.63, 3.8) is 0 Å². The quantitative estimate of drug-likeness (QED) is 0.363. The Bertz CT molecular complexity index is 1190. The largest absolute Gasteiger partial charge is 0.452 e. The molecule has 1 aliphatic heterocycles. The van der Waals surface area contributed by atoms with E-state index in [-0.39, 0.29) is 23.8 Å². The van der Waals surface area contributed by atoms with Crippen molar-refractivity contribution < 1.29 is 14.0 Å². The van der Waals surface area contributed by atoms with Gasteiger partial charge in [-0.1, -0.05) is 11.8 Å². The molecule has 3 heterocycles. The highest BCUT2D eigenvalue weighted by Crippen LogP contribution is 2.40. The van der Waals surface area contributed by atoms with Crippen LogP contribution in [-0.2, 0) is 9.59 Å². The van der Waals surface area contributed by atoms with Crippen molar-refractivity contribution in [1.82, 2.24) is 15.3 Å². The van der Waals surface area contributed by atoms with E-state index in [1.807, 2.05) is 13.2 Å². The summed E-state index contributed by atoms with van der Waals surface area (Å²) in [4.78, 5) is 37.7. The van der Waals surface area contributed by atoms with Crippen LogP contribution in [0.25, 0.3) is 0 Å². The molecule has 0 aromatic carbocycles. The van der Waals surface area contributed by atoms with E-state index in [9.17, 15) is 9.59 Å². The molecule has 2 aromatic rings. The summed E-state index contributed by atoms with van der Waals surface area (Å²) < 4.78 is 5.99. The second-order valence-electron chi connectivity index (χ2n) is 9.35. The zero-order chi connectivity index (χ0) is 25.2. The lowest BCUT2D eigenvalue weighted by molar-refractivity contribution is -0.127. The first-order valence-electron chi connectivity index (χ1n) is 11.6. The third kappa shape index (κ3) is 5.73. The van der Waals surface area contributed by atoms with Gasteiger partial charge in [-0.2, -0.15) is 10.2 Å². The molecule has 2 aromatic heterocycles. The van der Waals surface area contributed by atoms with E-state index in [1.165, 1.54) is 16.7 Å². The van der Waals surface area contributed by atoms with Crippen molar-refractivity contribution in [2.24, 2.45) is 10.2 Å². The van der Waals surface area contributed by atoms with Gasteiger partial charge in [0.15, 0.2) is 16.8 Å². The number of amides is 2. The van der Waals surface area contributed by atoms with Crippen LogP contribution in [0.2, 0.25) is 0 Å². The maximum absolute atomic E-state index is 13.8. The molecule has 1 atom stereocenters. The average molecular weight is 495 g/mol. The van der Waals surface area contributed by atoms with E-state index in [0.29, 0.717) is 47.3 Å². The lowest BCUT2D eigenvalue weighted by Crippen LogP contribution is -2.47. The first-order valence-corrected chi connectivity index (χ1v) is 12.9. The van der Waals surface area contributed by atoms with Gasteiger partial charge in [0.1, 0.15) is 11.6 Å². The van der Waals surface area contributed by atoms with Crippen LogP contribution < -0.4 is 10.2 Å². The third-order valence-electron chi connectivity index (χ3n) is 6.40. The van der Waals surface area contributed by atoms with E-state index < -0.39 is 11.7 Å². The minimum Gasteiger partial charge on any atom is -0.452 e. The minimum atomic E-state index is -1.01. The van der Waals surface area contributed by atoms with Crippen LogP contribution >= 0.6 is 11.8 Å². The van der Waals surface area contributed by atoms with Crippen molar-refractivity contribution in [3.8, 4) is 12.3 Å². The van der Waals surface area contributed by atoms with Crippen LogP contribution in [0.3, 0.4) is 0 Å². The molecule has 1 fully saturated rings. The summed E-state index contributed by atoms with van der Waals surface area (Å²) in [6.07, 6.45) is 12.3. The minimum absolute atomic E-state index is 0.127. The Balaban J connectivity index is 1.70. The van der Waals surface area contributed by atoms with E-state index >= 15 is 0 Å². The average Bonchev–Trinajstić information content (AvgIpc) is 3.71. The number of nitrogens with zero attached hydrogens (tertiary/aromatic N) is 5. The first-order chi connectivity index (χ1) is 16.7. The Morgan fingerprint density at radius 3 is 2.60 bits per heavy atom. The Kier molecular flexibility index (Phi) is 6.99. The molecule has 1 saturated carbocycles. The van der Waals surface area contributed by atoms with Gasteiger partial charge in [-0.05, 0) is 52.0 Å². The summed E-state index contributed by atoms with van der Waals surface area (Å²) in [7, 11) is 0. The molecule has 0 bridgehead atoms. The number of hydrogen-bond donors (Lipinski definition) is 1. The summed E-state index contributed by atoms with van der Waals surface area (Å²) in [5, 5.41) is 12.1. The van der Waals surface area contributed by atoms with Crippen LogP contribution in [0.4, 0.5) is 5.69 Å². The summed E-state index contributed by atoms with van der Waals surface area (Å²) in [6, 6.07) is 2.54. The van der Waals surface area contributed by atoms with E-state index in [2.05, 4.69) is 31.4 Å². The molecule has 35 heavy (non-hydrogen) atoms. The van der Waals surface area contributed by atoms with Gasteiger partial charge in [0.2, 0.25) is 5.91 Å². The number of thioether (sulfide) groups is 1. The van der Waals surface area contributed by atoms with Gasteiger partial charge >= 0.3 is 0 Å². The summed E-state index contributed by atoms with van der Waals surface area (Å²) in [6.45, 7) is 5.58. The van der Waals surface area contributed by atoms with Crippen LogP contribution in [0.1, 0.15) is 68.8 Å². The van der Waals surface area contributed by atoms with Gasteiger partial charge in [0, 0.05) is 31.2 Å². The molecule has 10 heteroatoms. The molecule has 0 radical (unpaired) electrons. The van der Waals surface area contributed by atoms with E-state index in [0.717, 1.165) is 12.8 Å². The number of furan rings is 1. The van der Waals surface area contributed by atoms with Gasteiger partial charge in [-0.25, -0.2) is 9.97 Å². The second kappa shape index (κ2) is 9.82. The zero-order valence-corrected chi connectivity index (χ0v) is 21.3. The molecule has 1 N–H and O–H groups in total. The Hall–Kier alpha value is -3.19. The Morgan fingerprint density at radius 2 is 2.03 bits per heavy atom. The summed E-state index contributed by atoms with van der Waals surface area (Å²) in [5.41, 5.74) is 0.178. The number of aryl methyl sites for hydroxylation is 2. The molecule has 0 saturated heterocycles. The van der Waals surface area contributed by atoms with Crippen molar-refractivity contribution in [2.45, 2.75) is 81.6 Å². The van der Waals surface area contributed by atoms with E-state index in [4.69, 9.17) is 10.8 Å². The molecule has 1 unspecified atom stereocenters. The molecule has 2 amide bonds. The lowest BCUT2D eigenvalue weighted by atomic mass is 10.0. The van der Waals surface area contributed by atoms with Crippen LogP contribution in [-0.4, -0.2) is 39.2 Å². The number of carbonyl (C=O) groups excluding carboxylic acids is 2. The fourth-order valence-corrected chi connectivity index (χ4v) is 4.35. The van der Waals surface area contributed by atoms with Gasteiger partial charge in [0.25, 0.3) is 5.91 Å². The van der Waals surface area contributed by atoms with Gasteiger partial charge in [-0.3, -0.25) is 14.5 Å². The third-order valence-corrected chi connectivity index (χ3v) is 7.02. The van der Waals surface area contributed by atoms with Gasteiger partial charge in [-0.15, -0.1) is 12.3 Å².